The van der Waals surface area contributed by atoms with Gasteiger partial charge in [-0.15, -0.1) is 0 Å². The summed E-state index contributed by atoms with van der Waals surface area (Å²) in [4.78, 5) is 18.5. The lowest BCUT2D eigenvalue weighted by molar-refractivity contribution is -0.141. The first-order chi connectivity index (χ1) is 10.6. The summed E-state index contributed by atoms with van der Waals surface area (Å²) in [5.41, 5.74) is 5.38. The zero-order valence-corrected chi connectivity index (χ0v) is 12.6. The van der Waals surface area contributed by atoms with E-state index in [2.05, 4.69) is 22.1 Å². The smallest absolute Gasteiger partial charge is 0.306 e. The van der Waals surface area contributed by atoms with E-state index < -0.39 is 11.9 Å². The van der Waals surface area contributed by atoms with Crippen LogP contribution < -0.4 is 0 Å². The van der Waals surface area contributed by atoms with Crippen molar-refractivity contribution >= 4 is 16.9 Å². The molecule has 0 spiro atoms. The van der Waals surface area contributed by atoms with Gasteiger partial charge in [-0.05, 0) is 54.3 Å². The summed E-state index contributed by atoms with van der Waals surface area (Å²) in [7, 11) is 0. The number of nitrogens with one attached hydrogen (secondary N) is 1. The van der Waals surface area contributed by atoms with Crippen LogP contribution in [0, 0.1) is 12.8 Å². The van der Waals surface area contributed by atoms with Crippen molar-refractivity contribution in [1.82, 2.24) is 9.97 Å². The molecular formula is C18H18N2O2. The van der Waals surface area contributed by atoms with Gasteiger partial charge in [-0.2, -0.15) is 0 Å². The third-order valence-electron chi connectivity index (χ3n) is 4.07. The van der Waals surface area contributed by atoms with E-state index in [0.717, 1.165) is 33.3 Å². The Hall–Kier alpha value is -2.62. The van der Waals surface area contributed by atoms with Gasteiger partial charge in [0, 0.05) is 29.0 Å². The second-order valence-electron chi connectivity index (χ2n) is 5.67. The fraction of sp³-hybridized carbons (Fsp3) is 0.222. The molecule has 0 aliphatic heterocycles. The van der Waals surface area contributed by atoms with Crippen molar-refractivity contribution in [3.63, 3.8) is 0 Å². The molecule has 0 radical (unpaired) electrons. The Morgan fingerprint density at radius 2 is 1.95 bits per heavy atom. The van der Waals surface area contributed by atoms with E-state index in [9.17, 15) is 4.79 Å². The SMILES string of the molecule is Cc1[nH]c2ccc(-c3ccncc3)cc2c1CC(C)C(=O)O. The average molecular weight is 294 g/mol. The van der Waals surface area contributed by atoms with Crippen LogP contribution in [0.25, 0.3) is 22.0 Å². The molecule has 1 unspecified atom stereocenters. The Labute approximate surface area is 128 Å². The van der Waals surface area contributed by atoms with E-state index in [1.165, 1.54) is 0 Å². The first kappa shape index (κ1) is 14.3. The molecule has 0 saturated heterocycles. The molecule has 2 aromatic heterocycles. The third-order valence-corrected chi connectivity index (χ3v) is 4.07. The Bertz CT molecular complexity index is 822. The van der Waals surface area contributed by atoms with Crippen LogP contribution in [0.1, 0.15) is 18.2 Å². The quantitative estimate of drug-likeness (QED) is 0.769. The number of benzene rings is 1. The number of aromatic nitrogens is 2. The summed E-state index contributed by atoms with van der Waals surface area (Å²) >= 11 is 0. The number of aryl methyl sites for hydroxylation is 1. The van der Waals surface area contributed by atoms with Crippen LogP contribution in [0.4, 0.5) is 0 Å². The van der Waals surface area contributed by atoms with Gasteiger partial charge in [0.25, 0.3) is 0 Å². The molecule has 112 valence electrons. The fourth-order valence-corrected chi connectivity index (χ4v) is 2.76. The predicted octanol–water partition coefficient (Wildman–Crippen LogP) is 3.80. The number of hydrogen-bond donors (Lipinski definition) is 2. The van der Waals surface area contributed by atoms with Gasteiger partial charge in [0.2, 0.25) is 0 Å². The lowest BCUT2D eigenvalue weighted by Gasteiger charge is -2.07. The minimum absolute atomic E-state index is 0.401. The summed E-state index contributed by atoms with van der Waals surface area (Å²) in [6, 6.07) is 10.2. The highest BCUT2D eigenvalue weighted by molar-refractivity contribution is 5.89. The number of pyridine rings is 1. The van der Waals surface area contributed by atoms with Gasteiger partial charge in [0.05, 0.1) is 5.92 Å². The van der Waals surface area contributed by atoms with Crippen molar-refractivity contribution in [2.75, 3.05) is 0 Å². The Morgan fingerprint density at radius 1 is 1.23 bits per heavy atom. The number of H-pyrrole nitrogens is 1. The number of fused-ring (bicyclic) bond motifs is 1. The molecule has 0 aliphatic rings. The summed E-state index contributed by atoms with van der Waals surface area (Å²) < 4.78 is 0. The first-order valence-electron chi connectivity index (χ1n) is 7.30. The average Bonchev–Trinajstić information content (AvgIpc) is 2.83. The van der Waals surface area contributed by atoms with E-state index in [0.29, 0.717) is 6.42 Å². The molecule has 4 nitrogen and oxygen atoms in total. The first-order valence-corrected chi connectivity index (χ1v) is 7.30. The van der Waals surface area contributed by atoms with Crippen molar-refractivity contribution in [2.45, 2.75) is 20.3 Å². The minimum Gasteiger partial charge on any atom is -0.481 e. The van der Waals surface area contributed by atoms with Crippen molar-refractivity contribution < 1.29 is 9.90 Å². The molecule has 22 heavy (non-hydrogen) atoms. The zero-order valence-electron chi connectivity index (χ0n) is 12.6. The molecule has 0 saturated carbocycles. The van der Waals surface area contributed by atoms with E-state index in [-0.39, 0.29) is 0 Å². The van der Waals surface area contributed by atoms with Crippen LogP contribution in [0.2, 0.25) is 0 Å². The molecule has 2 N–H and O–H groups in total. The monoisotopic (exact) mass is 294 g/mol. The predicted molar refractivity (Wildman–Crippen MR) is 86.8 cm³/mol. The second kappa shape index (κ2) is 5.64. The lowest BCUT2D eigenvalue weighted by atomic mass is 9.97. The number of carbonyl (C=O) groups is 1. The highest BCUT2D eigenvalue weighted by atomic mass is 16.4. The largest absolute Gasteiger partial charge is 0.481 e. The van der Waals surface area contributed by atoms with Crippen LogP contribution >= 0.6 is 0 Å². The third kappa shape index (κ3) is 2.60. The summed E-state index contributed by atoms with van der Waals surface area (Å²) in [6.07, 6.45) is 4.07. The van der Waals surface area contributed by atoms with Gasteiger partial charge >= 0.3 is 5.97 Å². The maximum Gasteiger partial charge on any atom is 0.306 e. The molecule has 0 aliphatic carbocycles. The molecule has 0 amide bonds. The molecular weight excluding hydrogens is 276 g/mol. The van der Waals surface area contributed by atoms with Gasteiger partial charge in [-0.3, -0.25) is 9.78 Å². The zero-order chi connectivity index (χ0) is 15.7. The van der Waals surface area contributed by atoms with E-state index in [1.54, 1.807) is 19.3 Å². The number of carboxylic acids is 1. The van der Waals surface area contributed by atoms with Gasteiger partial charge in [-0.1, -0.05) is 13.0 Å². The van der Waals surface area contributed by atoms with Crippen LogP contribution in [-0.4, -0.2) is 21.0 Å². The molecule has 1 atom stereocenters. The molecule has 3 aromatic rings. The standard InChI is InChI=1S/C18H18N2O2/c1-11(18(21)22)9-15-12(2)20-17-4-3-14(10-16(15)17)13-5-7-19-8-6-13/h3-8,10-11,20H,9H2,1-2H3,(H,21,22). The fourth-order valence-electron chi connectivity index (χ4n) is 2.76. The van der Waals surface area contributed by atoms with Crippen LogP contribution in [-0.2, 0) is 11.2 Å². The number of aliphatic carboxylic acids is 1. The van der Waals surface area contributed by atoms with Gasteiger partial charge in [0.1, 0.15) is 0 Å². The summed E-state index contributed by atoms with van der Waals surface area (Å²) in [5, 5.41) is 10.3. The van der Waals surface area contributed by atoms with Crippen molar-refractivity contribution in [2.24, 2.45) is 5.92 Å². The molecule has 0 fully saturated rings. The molecule has 0 bridgehead atoms. The Morgan fingerprint density at radius 3 is 2.64 bits per heavy atom. The highest BCUT2D eigenvalue weighted by Crippen LogP contribution is 2.29. The van der Waals surface area contributed by atoms with Crippen molar-refractivity contribution in [3.8, 4) is 11.1 Å². The van der Waals surface area contributed by atoms with Gasteiger partial charge < -0.3 is 10.1 Å². The van der Waals surface area contributed by atoms with E-state index in [4.69, 9.17) is 5.11 Å². The number of rotatable bonds is 4. The Kier molecular flexibility index (Phi) is 3.67. The number of aromatic amines is 1. The number of hydrogen-bond acceptors (Lipinski definition) is 2. The van der Waals surface area contributed by atoms with Gasteiger partial charge in [-0.25, -0.2) is 0 Å². The van der Waals surface area contributed by atoms with Crippen LogP contribution in [0.15, 0.2) is 42.7 Å². The molecule has 4 heteroatoms. The maximum absolute atomic E-state index is 11.1. The van der Waals surface area contributed by atoms with E-state index >= 15 is 0 Å². The van der Waals surface area contributed by atoms with Crippen LogP contribution in [0.5, 0.6) is 0 Å². The molecule has 3 rings (SSSR count). The van der Waals surface area contributed by atoms with Crippen molar-refractivity contribution in [1.29, 1.82) is 0 Å². The maximum atomic E-state index is 11.1. The number of nitrogens with zero attached hydrogens (tertiary/aromatic N) is 1. The van der Waals surface area contributed by atoms with E-state index in [1.807, 2.05) is 25.1 Å². The lowest BCUT2D eigenvalue weighted by Crippen LogP contribution is -2.12. The van der Waals surface area contributed by atoms with Gasteiger partial charge in [0.15, 0.2) is 0 Å². The number of carboxylic acid groups (broad SMARTS) is 1. The van der Waals surface area contributed by atoms with Crippen LogP contribution in [0.3, 0.4) is 0 Å². The second-order valence-corrected chi connectivity index (χ2v) is 5.67. The normalized spacial score (nSPS) is 12.5. The summed E-state index contributed by atoms with van der Waals surface area (Å²) in [6.45, 7) is 3.74. The Balaban J connectivity index is 2.09. The minimum atomic E-state index is -0.765. The highest BCUT2D eigenvalue weighted by Gasteiger charge is 2.17. The molecule has 1 aromatic carbocycles. The molecule has 2 heterocycles. The topological polar surface area (TPSA) is 66.0 Å². The summed E-state index contributed by atoms with van der Waals surface area (Å²) in [5.74, 6) is -1.17. The van der Waals surface area contributed by atoms with Crippen molar-refractivity contribution in [3.05, 3.63) is 54.0 Å².